The molecule has 2 aromatic rings. The Morgan fingerprint density at radius 2 is 2.00 bits per heavy atom. The molecule has 1 heterocycles. The second-order valence-corrected chi connectivity index (χ2v) is 6.92. The van der Waals surface area contributed by atoms with E-state index in [1.807, 2.05) is 49.7 Å². The monoisotopic (exact) mass is 351 g/mol. The van der Waals surface area contributed by atoms with Crippen LogP contribution in [0, 0.1) is 13.8 Å². The third-order valence-electron chi connectivity index (χ3n) is 3.73. The average molecular weight is 352 g/mol. The summed E-state index contributed by atoms with van der Waals surface area (Å²) in [4.78, 5) is 13.2. The highest BCUT2D eigenvalue weighted by Crippen LogP contribution is 2.23. The first-order valence-electron chi connectivity index (χ1n) is 7.64. The number of nitrogens with one attached hydrogen (secondary N) is 1. The fraction of sp³-hybridized carbons (Fsp3) is 0.412. The molecule has 2 rings (SSSR count). The maximum absolute atomic E-state index is 12.2. The molecule has 0 aliphatic rings. The Morgan fingerprint density at radius 3 is 2.57 bits per heavy atom. The number of carbonyl (C=O) groups is 1. The van der Waals surface area contributed by atoms with Crippen molar-refractivity contribution in [2.45, 2.75) is 45.2 Å². The molecule has 1 atom stereocenters. The lowest BCUT2D eigenvalue weighted by molar-refractivity contribution is -0.119. The van der Waals surface area contributed by atoms with Crippen LogP contribution in [0.25, 0.3) is 0 Å². The average Bonchev–Trinajstić information content (AvgIpc) is 2.80. The molecule has 0 radical (unpaired) electrons. The number of carbonyl (C=O) groups excluding carboxylic acids is 1. The smallest absolute Gasteiger partial charge is 0.230 e. The lowest BCUT2D eigenvalue weighted by Gasteiger charge is -2.15. The van der Waals surface area contributed by atoms with Crippen LogP contribution < -0.4 is 5.32 Å². The van der Waals surface area contributed by atoms with Gasteiger partial charge in [-0.1, -0.05) is 11.6 Å². The van der Waals surface area contributed by atoms with E-state index in [4.69, 9.17) is 11.6 Å². The molecule has 23 heavy (non-hydrogen) atoms. The van der Waals surface area contributed by atoms with Gasteiger partial charge in [0.2, 0.25) is 5.91 Å². The van der Waals surface area contributed by atoms with Crippen LogP contribution in [-0.4, -0.2) is 21.4 Å². The van der Waals surface area contributed by atoms with Gasteiger partial charge in [-0.05, 0) is 52.0 Å². The van der Waals surface area contributed by atoms with Crippen molar-refractivity contribution in [3.63, 3.8) is 0 Å². The standard InChI is InChI=1S/C17H22ClN3OS/c1-5-21-13(4)17(12(3)20-21)11(2)19-16(22)10-23-15-8-6-14(18)7-9-15/h6-9,11H,5,10H2,1-4H3,(H,19,22). The van der Waals surface area contributed by atoms with Crippen LogP contribution in [0.2, 0.25) is 5.02 Å². The summed E-state index contributed by atoms with van der Waals surface area (Å²) < 4.78 is 1.97. The van der Waals surface area contributed by atoms with Crippen LogP contribution in [0.15, 0.2) is 29.2 Å². The summed E-state index contributed by atoms with van der Waals surface area (Å²) in [6.07, 6.45) is 0. The number of thioether (sulfide) groups is 1. The molecule has 4 nitrogen and oxygen atoms in total. The van der Waals surface area contributed by atoms with Gasteiger partial charge in [0.05, 0.1) is 17.5 Å². The molecule has 1 unspecified atom stereocenters. The second-order valence-electron chi connectivity index (χ2n) is 5.43. The molecule has 0 aliphatic carbocycles. The summed E-state index contributed by atoms with van der Waals surface area (Å²) in [7, 11) is 0. The highest BCUT2D eigenvalue weighted by molar-refractivity contribution is 8.00. The van der Waals surface area contributed by atoms with Crippen molar-refractivity contribution in [3.8, 4) is 0 Å². The quantitative estimate of drug-likeness (QED) is 0.795. The molecule has 0 bridgehead atoms. The molecule has 1 aromatic heterocycles. The van der Waals surface area contributed by atoms with E-state index in [0.717, 1.165) is 28.4 Å². The Balaban J connectivity index is 1.94. The van der Waals surface area contributed by atoms with Crippen LogP contribution in [0.4, 0.5) is 0 Å². The zero-order chi connectivity index (χ0) is 17.0. The molecule has 1 N–H and O–H groups in total. The number of hydrogen-bond donors (Lipinski definition) is 1. The predicted molar refractivity (Wildman–Crippen MR) is 96.1 cm³/mol. The fourth-order valence-corrected chi connectivity index (χ4v) is 3.52. The number of nitrogens with zero attached hydrogens (tertiary/aromatic N) is 2. The van der Waals surface area contributed by atoms with E-state index in [1.54, 1.807) is 0 Å². The summed E-state index contributed by atoms with van der Waals surface area (Å²) in [5.74, 6) is 0.395. The van der Waals surface area contributed by atoms with Crippen molar-refractivity contribution in [2.75, 3.05) is 5.75 Å². The number of benzene rings is 1. The Kier molecular flexibility index (Phi) is 6.13. The van der Waals surface area contributed by atoms with E-state index in [9.17, 15) is 4.79 Å². The molecule has 6 heteroatoms. The zero-order valence-electron chi connectivity index (χ0n) is 13.9. The van der Waals surface area contributed by atoms with Crippen LogP contribution in [-0.2, 0) is 11.3 Å². The normalized spacial score (nSPS) is 12.2. The van der Waals surface area contributed by atoms with Crippen molar-refractivity contribution >= 4 is 29.3 Å². The second kappa shape index (κ2) is 7.88. The topological polar surface area (TPSA) is 46.9 Å². The SMILES string of the molecule is CCn1nc(C)c(C(C)NC(=O)CSc2ccc(Cl)cc2)c1C. The number of amides is 1. The minimum Gasteiger partial charge on any atom is -0.349 e. The number of aromatic nitrogens is 2. The van der Waals surface area contributed by atoms with Crippen molar-refractivity contribution in [2.24, 2.45) is 0 Å². The molecule has 1 aromatic carbocycles. The van der Waals surface area contributed by atoms with Gasteiger partial charge in [-0.2, -0.15) is 5.10 Å². The molecule has 0 saturated carbocycles. The van der Waals surface area contributed by atoms with Gasteiger partial charge in [-0.25, -0.2) is 0 Å². The van der Waals surface area contributed by atoms with E-state index in [2.05, 4.69) is 17.3 Å². The molecule has 124 valence electrons. The minimum atomic E-state index is -0.0476. The summed E-state index contributed by atoms with van der Waals surface area (Å²) in [5.41, 5.74) is 3.20. The summed E-state index contributed by atoms with van der Waals surface area (Å²) in [6.45, 7) is 8.93. The van der Waals surface area contributed by atoms with Gasteiger partial charge in [0.1, 0.15) is 0 Å². The van der Waals surface area contributed by atoms with Crippen molar-refractivity contribution in [1.82, 2.24) is 15.1 Å². The molecule has 0 fully saturated rings. The molecular formula is C17H22ClN3OS. The molecule has 0 saturated heterocycles. The van der Waals surface area contributed by atoms with Crippen molar-refractivity contribution in [3.05, 3.63) is 46.2 Å². The summed E-state index contributed by atoms with van der Waals surface area (Å²) >= 11 is 7.36. The van der Waals surface area contributed by atoms with E-state index in [-0.39, 0.29) is 11.9 Å². The van der Waals surface area contributed by atoms with Gasteiger partial charge >= 0.3 is 0 Å². The Morgan fingerprint density at radius 1 is 1.35 bits per heavy atom. The van der Waals surface area contributed by atoms with Crippen molar-refractivity contribution in [1.29, 1.82) is 0 Å². The Labute approximate surface area is 146 Å². The van der Waals surface area contributed by atoms with Crippen LogP contribution in [0.3, 0.4) is 0 Å². The number of aryl methyl sites for hydroxylation is 2. The molecular weight excluding hydrogens is 330 g/mol. The first kappa shape index (κ1) is 17.9. The van der Waals surface area contributed by atoms with Crippen LogP contribution in [0.5, 0.6) is 0 Å². The molecule has 0 aliphatic heterocycles. The van der Waals surface area contributed by atoms with Gasteiger partial charge in [0.15, 0.2) is 0 Å². The van der Waals surface area contributed by atoms with Gasteiger partial charge < -0.3 is 5.32 Å². The minimum absolute atomic E-state index is 0.0144. The van der Waals surface area contributed by atoms with E-state index < -0.39 is 0 Å². The van der Waals surface area contributed by atoms with Crippen LogP contribution >= 0.6 is 23.4 Å². The van der Waals surface area contributed by atoms with Gasteiger partial charge in [-0.15, -0.1) is 11.8 Å². The Bertz CT molecular complexity index is 682. The first-order valence-corrected chi connectivity index (χ1v) is 9.00. The third-order valence-corrected chi connectivity index (χ3v) is 5.00. The molecule has 1 amide bonds. The van der Waals surface area contributed by atoms with Gasteiger partial charge in [0.25, 0.3) is 0 Å². The number of rotatable bonds is 6. The van der Waals surface area contributed by atoms with E-state index >= 15 is 0 Å². The highest BCUT2D eigenvalue weighted by Gasteiger charge is 2.18. The summed E-state index contributed by atoms with van der Waals surface area (Å²) in [5, 5.41) is 8.26. The largest absolute Gasteiger partial charge is 0.349 e. The fourth-order valence-electron chi connectivity index (χ4n) is 2.68. The maximum atomic E-state index is 12.2. The van der Waals surface area contributed by atoms with Gasteiger partial charge in [-0.3, -0.25) is 9.48 Å². The Hall–Kier alpha value is -1.46. The van der Waals surface area contributed by atoms with E-state index in [0.29, 0.717) is 10.8 Å². The van der Waals surface area contributed by atoms with Crippen molar-refractivity contribution < 1.29 is 4.79 Å². The number of hydrogen-bond acceptors (Lipinski definition) is 3. The third kappa shape index (κ3) is 4.52. The van der Waals surface area contributed by atoms with E-state index in [1.165, 1.54) is 11.8 Å². The lowest BCUT2D eigenvalue weighted by Crippen LogP contribution is -2.28. The summed E-state index contributed by atoms with van der Waals surface area (Å²) in [6, 6.07) is 7.45. The first-order chi connectivity index (χ1) is 10.9. The lowest BCUT2D eigenvalue weighted by atomic mass is 10.1. The van der Waals surface area contributed by atoms with Crippen LogP contribution in [0.1, 0.15) is 36.8 Å². The maximum Gasteiger partial charge on any atom is 0.230 e. The molecule has 0 spiro atoms. The number of halogens is 1. The van der Waals surface area contributed by atoms with Gasteiger partial charge in [0, 0.05) is 27.7 Å². The highest BCUT2D eigenvalue weighted by atomic mass is 35.5. The zero-order valence-corrected chi connectivity index (χ0v) is 15.5. The predicted octanol–water partition coefficient (Wildman–Crippen LogP) is 4.14.